The van der Waals surface area contributed by atoms with Gasteiger partial charge in [-0.15, -0.1) is 12.4 Å². The molecule has 0 saturated heterocycles. The molecule has 1 aliphatic rings. The molecular weight excluding hydrogens is 280 g/mol. The maximum absolute atomic E-state index is 6.05. The van der Waals surface area contributed by atoms with Crippen molar-refractivity contribution in [1.29, 1.82) is 0 Å². The summed E-state index contributed by atoms with van der Waals surface area (Å²) in [5.74, 6) is 1.58. The average Bonchev–Trinajstić information content (AvgIpc) is 3.01. The Balaban J connectivity index is 0.00000144. The monoisotopic (exact) mass is 295 g/mol. The molecule has 2 nitrogen and oxygen atoms in total. The average molecular weight is 297 g/mol. The SMILES string of the molecule is COc1c(Cl)cc(Cl)cc1CNCC1CC1.Cl. The minimum absolute atomic E-state index is 0. The fraction of sp³-hybridized carbons (Fsp3) is 0.500. The van der Waals surface area contributed by atoms with Crippen molar-refractivity contribution < 1.29 is 4.74 Å². The fourth-order valence-electron chi connectivity index (χ4n) is 1.71. The lowest BCUT2D eigenvalue weighted by atomic mass is 10.2. The van der Waals surface area contributed by atoms with Crippen molar-refractivity contribution in [2.24, 2.45) is 5.92 Å². The van der Waals surface area contributed by atoms with Crippen LogP contribution in [0.3, 0.4) is 0 Å². The second-order valence-electron chi connectivity index (χ2n) is 4.15. The van der Waals surface area contributed by atoms with Gasteiger partial charge in [0.2, 0.25) is 0 Å². The van der Waals surface area contributed by atoms with Crippen molar-refractivity contribution in [3.05, 3.63) is 27.7 Å². The second-order valence-corrected chi connectivity index (χ2v) is 5.00. The second kappa shape index (κ2) is 6.69. The normalized spacial score (nSPS) is 14.3. The van der Waals surface area contributed by atoms with Gasteiger partial charge in [-0.2, -0.15) is 0 Å². The maximum Gasteiger partial charge on any atom is 0.142 e. The molecule has 1 aromatic rings. The molecule has 0 atom stereocenters. The third-order valence-electron chi connectivity index (χ3n) is 2.73. The van der Waals surface area contributed by atoms with Crippen molar-refractivity contribution in [1.82, 2.24) is 5.32 Å². The van der Waals surface area contributed by atoms with Crippen LogP contribution in [-0.2, 0) is 6.54 Å². The zero-order valence-electron chi connectivity index (χ0n) is 9.63. The molecule has 1 fully saturated rings. The Kier molecular flexibility index (Phi) is 5.87. The topological polar surface area (TPSA) is 21.3 Å². The molecule has 1 saturated carbocycles. The van der Waals surface area contributed by atoms with Crippen LogP contribution in [0.25, 0.3) is 0 Å². The van der Waals surface area contributed by atoms with Gasteiger partial charge in [-0.25, -0.2) is 0 Å². The summed E-state index contributed by atoms with van der Waals surface area (Å²) in [6, 6.07) is 3.60. The van der Waals surface area contributed by atoms with Gasteiger partial charge in [0.25, 0.3) is 0 Å². The molecule has 1 aromatic carbocycles. The molecule has 1 aliphatic carbocycles. The van der Waals surface area contributed by atoms with Gasteiger partial charge >= 0.3 is 0 Å². The molecule has 0 heterocycles. The number of nitrogens with one attached hydrogen (secondary N) is 1. The molecule has 0 spiro atoms. The van der Waals surface area contributed by atoms with E-state index < -0.39 is 0 Å². The van der Waals surface area contributed by atoms with Crippen LogP contribution in [0.4, 0.5) is 0 Å². The number of hydrogen-bond donors (Lipinski definition) is 1. The van der Waals surface area contributed by atoms with Crippen molar-refractivity contribution >= 4 is 35.6 Å². The van der Waals surface area contributed by atoms with Crippen molar-refractivity contribution in [2.45, 2.75) is 19.4 Å². The standard InChI is InChI=1S/C12H15Cl2NO.ClH/c1-16-12-9(4-10(13)5-11(12)14)7-15-6-8-2-3-8;/h4-5,8,15H,2-3,6-7H2,1H3;1H. The van der Waals surface area contributed by atoms with Crippen LogP contribution in [0.2, 0.25) is 10.0 Å². The highest BCUT2D eigenvalue weighted by atomic mass is 35.5. The molecule has 0 bridgehead atoms. The largest absolute Gasteiger partial charge is 0.495 e. The summed E-state index contributed by atoms with van der Waals surface area (Å²) < 4.78 is 5.27. The van der Waals surface area contributed by atoms with E-state index in [1.165, 1.54) is 12.8 Å². The minimum atomic E-state index is 0. The molecule has 5 heteroatoms. The molecule has 0 amide bonds. The molecule has 0 aliphatic heterocycles. The molecule has 17 heavy (non-hydrogen) atoms. The molecule has 0 aromatic heterocycles. The summed E-state index contributed by atoms with van der Waals surface area (Å²) in [5, 5.41) is 4.61. The fourth-order valence-corrected chi connectivity index (χ4v) is 2.32. The van der Waals surface area contributed by atoms with Gasteiger partial charge in [-0.1, -0.05) is 23.2 Å². The third-order valence-corrected chi connectivity index (χ3v) is 3.23. The first-order valence-corrected chi connectivity index (χ1v) is 6.19. The third kappa shape index (κ3) is 4.22. The smallest absolute Gasteiger partial charge is 0.142 e. The maximum atomic E-state index is 6.05. The van der Waals surface area contributed by atoms with E-state index in [9.17, 15) is 0 Å². The van der Waals surface area contributed by atoms with Gasteiger partial charge in [-0.05, 0) is 37.4 Å². The first-order chi connectivity index (χ1) is 7.70. The molecule has 2 rings (SSSR count). The van der Waals surface area contributed by atoms with E-state index in [0.717, 1.165) is 30.3 Å². The van der Waals surface area contributed by atoms with E-state index in [4.69, 9.17) is 27.9 Å². The number of rotatable bonds is 5. The predicted molar refractivity (Wildman–Crippen MR) is 74.7 cm³/mol. The number of methoxy groups -OCH3 is 1. The zero-order chi connectivity index (χ0) is 11.5. The summed E-state index contributed by atoms with van der Waals surface area (Å²) in [6.07, 6.45) is 2.70. The van der Waals surface area contributed by atoms with Gasteiger partial charge in [-0.3, -0.25) is 0 Å². The lowest BCUT2D eigenvalue weighted by Gasteiger charge is -2.11. The Labute approximate surface area is 118 Å². The van der Waals surface area contributed by atoms with E-state index >= 15 is 0 Å². The van der Waals surface area contributed by atoms with Crippen LogP contribution in [0.1, 0.15) is 18.4 Å². The van der Waals surface area contributed by atoms with E-state index in [2.05, 4.69) is 5.32 Å². The number of hydrogen-bond acceptors (Lipinski definition) is 2. The van der Waals surface area contributed by atoms with Gasteiger partial charge in [0.15, 0.2) is 0 Å². The van der Waals surface area contributed by atoms with Gasteiger partial charge in [0.1, 0.15) is 5.75 Å². The summed E-state index contributed by atoms with van der Waals surface area (Å²) in [7, 11) is 1.62. The molecule has 0 unspecified atom stereocenters. The molecular formula is C12H16Cl3NO. The van der Waals surface area contributed by atoms with Crippen LogP contribution >= 0.6 is 35.6 Å². The molecule has 96 valence electrons. The lowest BCUT2D eigenvalue weighted by Crippen LogP contribution is -2.16. The van der Waals surface area contributed by atoms with Crippen LogP contribution in [0, 0.1) is 5.92 Å². The summed E-state index contributed by atoms with van der Waals surface area (Å²) in [5.41, 5.74) is 1.01. The Morgan fingerprint density at radius 2 is 2.06 bits per heavy atom. The van der Waals surface area contributed by atoms with Crippen LogP contribution in [0.15, 0.2) is 12.1 Å². The summed E-state index contributed by atoms with van der Waals surface area (Å²) in [6.45, 7) is 1.81. The van der Waals surface area contributed by atoms with Crippen molar-refractivity contribution in [3.63, 3.8) is 0 Å². The van der Waals surface area contributed by atoms with Crippen LogP contribution < -0.4 is 10.1 Å². The first kappa shape index (κ1) is 14.9. The number of benzene rings is 1. The van der Waals surface area contributed by atoms with Crippen molar-refractivity contribution in [3.8, 4) is 5.75 Å². The van der Waals surface area contributed by atoms with E-state index in [1.54, 1.807) is 13.2 Å². The summed E-state index contributed by atoms with van der Waals surface area (Å²) in [4.78, 5) is 0. The highest BCUT2D eigenvalue weighted by Crippen LogP contribution is 2.32. The van der Waals surface area contributed by atoms with Gasteiger partial charge < -0.3 is 10.1 Å². The Morgan fingerprint density at radius 1 is 1.35 bits per heavy atom. The molecule has 1 N–H and O–H groups in total. The van der Waals surface area contributed by atoms with E-state index in [-0.39, 0.29) is 12.4 Å². The van der Waals surface area contributed by atoms with E-state index in [0.29, 0.717) is 10.0 Å². The van der Waals surface area contributed by atoms with Gasteiger partial charge in [0, 0.05) is 17.1 Å². The molecule has 0 radical (unpaired) electrons. The number of ether oxygens (including phenoxy) is 1. The predicted octanol–water partition coefficient (Wildman–Crippen LogP) is 3.92. The zero-order valence-corrected chi connectivity index (χ0v) is 12.0. The van der Waals surface area contributed by atoms with Gasteiger partial charge in [0.05, 0.1) is 12.1 Å². The minimum Gasteiger partial charge on any atom is -0.495 e. The lowest BCUT2D eigenvalue weighted by molar-refractivity contribution is 0.407. The summed E-state index contributed by atoms with van der Waals surface area (Å²) >= 11 is 12.0. The Morgan fingerprint density at radius 3 is 2.65 bits per heavy atom. The Hall–Kier alpha value is -0.150. The Bertz CT molecular complexity index is 380. The highest BCUT2D eigenvalue weighted by molar-refractivity contribution is 6.35. The number of halogens is 3. The van der Waals surface area contributed by atoms with Crippen LogP contribution in [0.5, 0.6) is 5.75 Å². The highest BCUT2D eigenvalue weighted by Gasteiger charge is 2.20. The quantitative estimate of drug-likeness (QED) is 0.889. The van der Waals surface area contributed by atoms with Crippen molar-refractivity contribution in [2.75, 3.05) is 13.7 Å². The first-order valence-electron chi connectivity index (χ1n) is 5.43. The van der Waals surface area contributed by atoms with E-state index in [1.807, 2.05) is 6.07 Å². The van der Waals surface area contributed by atoms with Crippen LogP contribution in [-0.4, -0.2) is 13.7 Å².